The molecule has 0 atom stereocenters. The molecule has 8 nitrogen and oxygen atoms in total. The summed E-state index contributed by atoms with van der Waals surface area (Å²) in [6.45, 7) is 3.76. The molecule has 1 saturated heterocycles. The van der Waals surface area contributed by atoms with Gasteiger partial charge in [-0.1, -0.05) is 12.8 Å². The molecule has 3 heterocycles. The van der Waals surface area contributed by atoms with Crippen molar-refractivity contribution in [2.24, 2.45) is 5.92 Å². The number of nitrogens with zero attached hydrogens (tertiary/aromatic N) is 5. The summed E-state index contributed by atoms with van der Waals surface area (Å²) in [6.07, 6.45) is 9.09. The third-order valence-corrected chi connectivity index (χ3v) is 6.60. The molecule has 174 valence electrons. The molecular weight excluding hydrogens is 425 g/mol. The maximum atomic E-state index is 14.5. The number of halogens is 1. The second-order valence-electron chi connectivity index (χ2n) is 8.67. The normalized spacial score (nSPS) is 17.6. The van der Waals surface area contributed by atoms with Crippen LogP contribution in [-0.2, 0) is 4.79 Å². The largest absolute Gasteiger partial charge is 0.494 e. The molecule has 1 amide bonds. The van der Waals surface area contributed by atoms with Gasteiger partial charge in [0.15, 0.2) is 17.2 Å². The molecule has 0 bridgehead atoms. The highest BCUT2D eigenvalue weighted by Crippen LogP contribution is 2.33. The molecule has 0 spiro atoms. The average molecular weight is 454 g/mol. The molecule has 0 unspecified atom stereocenters. The Labute approximate surface area is 191 Å². The number of carbonyl (C=O) groups is 1. The highest BCUT2D eigenvalue weighted by atomic mass is 19.1. The second kappa shape index (κ2) is 9.33. The molecule has 2 aromatic heterocycles. The first kappa shape index (κ1) is 21.6. The Bertz CT molecular complexity index is 1140. The van der Waals surface area contributed by atoms with Gasteiger partial charge < -0.3 is 14.4 Å². The van der Waals surface area contributed by atoms with E-state index >= 15 is 0 Å². The summed E-state index contributed by atoms with van der Waals surface area (Å²) in [6, 6.07) is 4.61. The van der Waals surface area contributed by atoms with E-state index in [9.17, 15) is 9.18 Å². The van der Waals surface area contributed by atoms with Crippen molar-refractivity contribution in [2.45, 2.75) is 51.5 Å². The summed E-state index contributed by atoms with van der Waals surface area (Å²) in [5.41, 5.74) is 0.645. The highest BCUT2D eigenvalue weighted by molar-refractivity contribution is 5.80. The lowest BCUT2D eigenvalue weighted by Gasteiger charge is -2.33. The van der Waals surface area contributed by atoms with Gasteiger partial charge in [0.2, 0.25) is 11.8 Å². The van der Waals surface area contributed by atoms with E-state index in [1.54, 1.807) is 12.3 Å². The van der Waals surface area contributed by atoms with Crippen LogP contribution >= 0.6 is 0 Å². The first-order valence-electron chi connectivity index (χ1n) is 11.7. The van der Waals surface area contributed by atoms with Crippen LogP contribution in [0.1, 0.15) is 51.5 Å². The van der Waals surface area contributed by atoms with Gasteiger partial charge in [-0.25, -0.2) is 19.0 Å². The van der Waals surface area contributed by atoms with Gasteiger partial charge in [-0.2, -0.15) is 5.10 Å². The summed E-state index contributed by atoms with van der Waals surface area (Å²) in [5.74, 6) is 0.752. The number of benzene rings is 1. The molecular formula is C24H28FN5O3. The maximum Gasteiger partial charge on any atom is 0.233 e. The van der Waals surface area contributed by atoms with Crippen molar-refractivity contribution in [3.05, 3.63) is 36.5 Å². The lowest BCUT2D eigenvalue weighted by Crippen LogP contribution is -2.41. The topological polar surface area (TPSA) is 82.4 Å². The third-order valence-electron chi connectivity index (χ3n) is 6.60. The van der Waals surface area contributed by atoms with E-state index in [4.69, 9.17) is 9.47 Å². The van der Waals surface area contributed by atoms with Gasteiger partial charge >= 0.3 is 0 Å². The highest BCUT2D eigenvalue weighted by Gasteiger charge is 2.31. The Balaban J connectivity index is 1.31. The minimum Gasteiger partial charge on any atom is -0.494 e. The molecule has 9 heteroatoms. The van der Waals surface area contributed by atoms with Crippen LogP contribution in [0.4, 0.5) is 4.39 Å². The fraction of sp³-hybridized carbons (Fsp3) is 0.500. The van der Waals surface area contributed by atoms with Crippen molar-refractivity contribution in [1.29, 1.82) is 0 Å². The van der Waals surface area contributed by atoms with Crippen LogP contribution in [0.3, 0.4) is 0 Å². The van der Waals surface area contributed by atoms with Crippen molar-refractivity contribution in [3.8, 4) is 17.4 Å². The van der Waals surface area contributed by atoms with Crippen LogP contribution < -0.4 is 9.47 Å². The number of rotatable bonds is 6. The van der Waals surface area contributed by atoms with E-state index in [0.717, 1.165) is 51.6 Å². The fourth-order valence-electron chi connectivity index (χ4n) is 4.88. The Hall–Kier alpha value is -3.23. The smallest absolute Gasteiger partial charge is 0.233 e. The van der Waals surface area contributed by atoms with Gasteiger partial charge in [0, 0.05) is 25.1 Å². The van der Waals surface area contributed by atoms with Gasteiger partial charge in [-0.3, -0.25) is 4.79 Å². The SMILES string of the molecule is CCOc1ccc(Oc2ncnc3c2cnn3C2CCN(C(=O)C3CCCC3)CC2)c(F)c1. The molecule has 33 heavy (non-hydrogen) atoms. The van der Waals surface area contributed by atoms with E-state index in [-0.39, 0.29) is 23.6 Å². The number of hydrogen-bond donors (Lipinski definition) is 0. The molecule has 1 aromatic carbocycles. The lowest BCUT2D eigenvalue weighted by molar-refractivity contribution is -0.136. The summed E-state index contributed by atoms with van der Waals surface area (Å²) in [7, 11) is 0. The predicted molar refractivity (Wildman–Crippen MR) is 120 cm³/mol. The van der Waals surface area contributed by atoms with Crippen molar-refractivity contribution in [1.82, 2.24) is 24.6 Å². The van der Waals surface area contributed by atoms with Crippen LogP contribution in [0.2, 0.25) is 0 Å². The van der Waals surface area contributed by atoms with Crippen molar-refractivity contribution >= 4 is 16.9 Å². The summed E-state index contributed by atoms with van der Waals surface area (Å²) < 4.78 is 27.5. The first-order chi connectivity index (χ1) is 16.1. The Morgan fingerprint density at radius 2 is 1.94 bits per heavy atom. The lowest BCUT2D eigenvalue weighted by atomic mass is 10.0. The van der Waals surface area contributed by atoms with Crippen molar-refractivity contribution < 1.29 is 18.7 Å². The van der Waals surface area contributed by atoms with E-state index < -0.39 is 5.82 Å². The molecule has 1 aliphatic heterocycles. The Morgan fingerprint density at radius 3 is 2.67 bits per heavy atom. The van der Waals surface area contributed by atoms with Crippen molar-refractivity contribution in [3.63, 3.8) is 0 Å². The number of fused-ring (bicyclic) bond motifs is 1. The number of piperidine rings is 1. The van der Waals surface area contributed by atoms with Gasteiger partial charge in [-0.05, 0) is 44.7 Å². The molecule has 1 saturated carbocycles. The minimum atomic E-state index is -0.528. The van der Waals surface area contributed by atoms with Crippen LogP contribution in [-0.4, -0.2) is 50.3 Å². The number of carbonyl (C=O) groups excluding carboxylic acids is 1. The second-order valence-corrected chi connectivity index (χ2v) is 8.67. The number of ether oxygens (including phenoxy) is 2. The van der Waals surface area contributed by atoms with Crippen LogP contribution in [0, 0.1) is 11.7 Å². The number of hydrogen-bond acceptors (Lipinski definition) is 6. The van der Waals surface area contributed by atoms with Crippen LogP contribution in [0.5, 0.6) is 17.4 Å². The van der Waals surface area contributed by atoms with E-state index in [2.05, 4.69) is 15.1 Å². The molecule has 5 rings (SSSR count). The van der Waals surface area contributed by atoms with Gasteiger partial charge in [0.25, 0.3) is 0 Å². The Morgan fingerprint density at radius 1 is 1.15 bits per heavy atom. The molecule has 2 aliphatic rings. The van der Waals surface area contributed by atoms with Crippen molar-refractivity contribution in [2.75, 3.05) is 19.7 Å². The zero-order chi connectivity index (χ0) is 22.8. The standard InChI is InChI=1S/C24H28FN5O3/c1-2-32-18-7-8-21(20(25)13-18)33-23-19-14-28-30(22(19)26-15-27-23)17-9-11-29(12-10-17)24(31)16-5-3-4-6-16/h7-8,13-17H,2-6,9-12H2,1H3. The minimum absolute atomic E-state index is 0.0601. The van der Waals surface area contributed by atoms with Crippen LogP contribution in [0.15, 0.2) is 30.7 Å². The molecule has 1 aliphatic carbocycles. The zero-order valence-corrected chi connectivity index (χ0v) is 18.7. The molecule has 0 radical (unpaired) electrons. The first-order valence-corrected chi connectivity index (χ1v) is 11.7. The molecule has 3 aromatic rings. The molecule has 2 fully saturated rings. The van der Waals surface area contributed by atoms with E-state index in [0.29, 0.717) is 29.3 Å². The average Bonchev–Trinajstić information content (AvgIpc) is 3.52. The number of aromatic nitrogens is 4. The quantitative estimate of drug-likeness (QED) is 0.546. The number of amides is 1. The fourth-order valence-corrected chi connectivity index (χ4v) is 4.88. The third kappa shape index (κ3) is 4.36. The predicted octanol–water partition coefficient (Wildman–Crippen LogP) is 4.51. The number of likely N-dealkylation sites (tertiary alicyclic amines) is 1. The maximum absolute atomic E-state index is 14.5. The summed E-state index contributed by atoms with van der Waals surface area (Å²) in [4.78, 5) is 23.4. The Kier molecular flexibility index (Phi) is 6.11. The van der Waals surface area contributed by atoms with Gasteiger partial charge in [0.1, 0.15) is 17.5 Å². The van der Waals surface area contributed by atoms with Gasteiger partial charge in [0.05, 0.1) is 18.8 Å². The molecule has 0 N–H and O–H groups in total. The van der Waals surface area contributed by atoms with Gasteiger partial charge in [-0.15, -0.1) is 0 Å². The monoisotopic (exact) mass is 453 g/mol. The van der Waals surface area contributed by atoms with Crippen LogP contribution in [0.25, 0.3) is 11.0 Å². The van der Waals surface area contributed by atoms with E-state index in [1.807, 2.05) is 16.5 Å². The zero-order valence-electron chi connectivity index (χ0n) is 18.7. The summed E-state index contributed by atoms with van der Waals surface area (Å²) >= 11 is 0. The van der Waals surface area contributed by atoms with E-state index in [1.165, 1.54) is 18.5 Å². The summed E-state index contributed by atoms with van der Waals surface area (Å²) in [5, 5.41) is 5.17.